The lowest BCUT2D eigenvalue weighted by molar-refractivity contribution is 0.0685. The molecule has 1 aromatic carbocycles. The van der Waals surface area contributed by atoms with Crippen molar-refractivity contribution < 1.29 is 9.18 Å². The number of carbonyl (C=O) groups excluding carboxylic acids is 1. The second kappa shape index (κ2) is 10.8. The minimum absolute atomic E-state index is 0. The number of benzene rings is 1. The van der Waals surface area contributed by atoms with E-state index in [1.54, 1.807) is 12.1 Å². The molecular weight excluding hydrogens is 396 g/mol. The summed E-state index contributed by atoms with van der Waals surface area (Å²) >= 11 is 1.49. The van der Waals surface area contributed by atoms with Crippen LogP contribution in [-0.4, -0.2) is 42.5 Å². The molecular formula is C18H24Cl2FN3OS. The first-order valence-corrected chi connectivity index (χ1v) is 9.16. The Bertz CT molecular complexity index is 688. The number of thiazole rings is 1. The highest BCUT2D eigenvalue weighted by molar-refractivity contribution is 7.09. The molecule has 1 fully saturated rings. The van der Waals surface area contributed by atoms with Gasteiger partial charge in [-0.25, -0.2) is 9.37 Å². The van der Waals surface area contributed by atoms with Crippen LogP contribution < -0.4 is 5.32 Å². The summed E-state index contributed by atoms with van der Waals surface area (Å²) < 4.78 is 13.0. The second-order valence-corrected chi connectivity index (χ2v) is 7.17. The maximum absolute atomic E-state index is 13.0. The van der Waals surface area contributed by atoms with Gasteiger partial charge in [0.25, 0.3) is 5.91 Å². The molecule has 2 heterocycles. The van der Waals surface area contributed by atoms with E-state index < -0.39 is 0 Å². The average Bonchev–Trinajstić information content (AvgIpc) is 3.06. The van der Waals surface area contributed by atoms with Crippen LogP contribution in [0, 0.1) is 11.7 Å². The number of hydrogen-bond acceptors (Lipinski definition) is 4. The summed E-state index contributed by atoms with van der Waals surface area (Å²) in [6.07, 6.45) is 2.71. The molecule has 0 radical (unpaired) electrons. The number of rotatable bonds is 5. The molecule has 3 rings (SSSR count). The number of piperidine rings is 1. The Morgan fingerprint density at radius 2 is 1.92 bits per heavy atom. The minimum Gasteiger partial charge on any atom is -0.337 e. The number of nitrogens with one attached hydrogen (secondary N) is 1. The van der Waals surface area contributed by atoms with Crippen LogP contribution in [-0.2, 0) is 6.42 Å². The van der Waals surface area contributed by atoms with E-state index in [1.807, 2.05) is 17.3 Å². The van der Waals surface area contributed by atoms with E-state index in [-0.39, 0.29) is 36.5 Å². The summed E-state index contributed by atoms with van der Waals surface area (Å²) in [5.41, 5.74) is 1.53. The molecule has 0 aliphatic carbocycles. The van der Waals surface area contributed by atoms with Gasteiger partial charge in [0.05, 0.1) is 5.01 Å². The van der Waals surface area contributed by atoms with E-state index in [9.17, 15) is 9.18 Å². The van der Waals surface area contributed by atoms with Crippen LogP contribution >= 0.6 is 36.2 Å². The zero-order chi connectivity index (χ0) is 16.9. The molecule has 1 N–H and O–H groups in total. The first kappa shape index (κ1) is 22.8. The highest BCUT2D eigenvalue weighted by atomic mass is 35.5. The predicted octanol–water partition coefficient (Wildman–Crippen LogP) is 3.79. The van der Waals surface area contributed by atoms with Crippen LogP contribution in [0.4, 0.5) is 4.39 Å². The van der Waals surface area contributed by atoms with Gasteiger partial charge >= 0.3 is 0 Å². The van der Waals surface area contributed by atoms with Crippen molar-refractivity contribution in [2.24, 2.45) is 5.92 Å². The molecule has 0 atom stereocenters. The molecule has 26 heavy (non-hydrogen) atoms. The molecule has 1 aliphatic rings. The minimum atomic E-state index is -0.240. The number of halogens is 3. The van der Waals surface area contributed by atoms with Gasteiger partial charge in [-0.2, -0.15) is 0 Å². The highest BCUT2D eigenvalue weighted by Crippen LogP contribution is 2.20. The number of aromatic nitrogens is 1. The van der Waals surface area contributed by atoms with E-state index in [1.165, 1.54) is 23.5 Å². The normalized spacial score (nSPS) is 14.5. The van der Waals surface area contributed by atoms with Crippen molar-refractivity contribution in [1.82, 2.24) is 15.2 Å². The van der Waals surface area contributed by atoms with Gasteiger partial charge in [-0.05, 0) is 50.0 Å². The van der Waals surface area contributed by atoms with Crippen LogP contribution in [0.25, 0.3) is 0 Å². The van der Waals surface area contributed by atoms with Gasteiger partial charge in [0.15, 0.2) is 0 Å². The average molecular weight is 420 g/mol. The van der Waals surface area contributed by atoms with Gasteiger partial charge in [-0.3, -0.25) is 4.79 Å². The highest BCUT2D eigenvalue weighted by Gasteiger charge is 2.24. The van der Waals surface area contributed by atoms with Gasteiger partial charge in [0, 0.05) is 24.9 Å². The molecule has 2 aromatic rings. The van der Waals surface area contributed by atoms with Gasteiger partial charge < -0.3 is 10.2 Å². The van der Waals surface area contributed by atoms with E-state index in [2.05, 4.69) is 10.3 Å². The summed E-state index contributed by atoms with van der Waals surface area (Å²) in [5, 5.41) is 5.92. The maximum atomic E-state index is 13.0. The van der Waals surface area contributed by atoms with Crippen LogP contribution in [0.3, 0.4) is 0 Å². The standard InChI is InChI=1S/C18H22FN3OS.2ClH/c1-20-11-14-6-8-22(9-7-14)18(23)16-12-24-17(21-16)10-13-2-4-15(19)5-3-13;;/h2-5,12,14,20H,6-11H2,1H3;2*1H. The molecule has 0 saturated carbocycles. The Morgan fingerprint density at radius 3 is 2.54 bits per heavy atom. The smallest absolute Gasteiger partial charge is 0.273 e. The zero-order valence-corrected chi connectivity index (χ0v) is 17.1. The predicted molar refractivity (Wildman–Crippen MR) is 108 cm³/mol. The fourth-order valence-corrected chi connectivity index (χ4v) is 3.86. The number of carbonyl (C=O) groups is 1. The van der Waals surface area contributed by atoms with Crippen molar-refractivity contribution >= 4 is 42.1 Å². The Labute approximate surface area is 170 Å². The topological polar surface area (TPSA) is 45.2 Å². The molecule has 4 nitrogen and oxygen atoms in total. The van der Waals surface area contributed by atoms with E-state index >= 15 is 0 Å². The molecule has 0 spiro atoms. The van der Waals surface area contributed by atoms with Crippen molar-refractivity contribution in [2.75, 3.05) is 26.7 Å². The van der Waals surface area contributed by atoms with Crippen LogP contribution in [0.1, 0.15) is 33.9 Å². The molecule has 8 heteroatoms. The van der Waals surface area contributed by atoms with Crippen molar-refractivity contribution in [3.63, 3.8) is 0 Å². The zero-order valence-electron chi connectivity index (χ0n) is 14.6. The third-order valence-corrected chi connectivity index (χ3v) is 5.28. The van der Waals surface area contributed by atoms with E-state index in [4.69, 9.17) is 0 Å². The lowest BCUT2D eigenvalue weighted by Gasteiger charge is -2.31. The molecule has 1 aromatic heterocycles. The first-order valence-electron chi connectivity index (χ1n) is 8.28. The molecule has 1 saturated heterocycles. The summed E-state index contributed by atoms with van der Waals surface area (Å²) in [5.74, 6) is 0.443. The summed E-state index contributed by atoms with van der Waals surface area (Å²) in [4.78, 5) is 19.0. The van der Waals surface area contributed by atoms with Crippen molar-refractivity contribution in [3.8, 4) is 0 Å². The van der Waals surface area contributed by atoms with Gasteiger partial charge in [-0.15, -0.1) is 36.2 Å². The Kier molecular flexibility index (Phi) is 9.50. The number of likely N-dealkylation sites (tertiary alicyclic amines) is 1. The van der Waals surface area contributed by atoms with Crippen molar-refractivity contribution in [2.45, 2.75) is 19.3 Å². The summed E-state index contributed by atoms with van der Waals surface area (Å²) in [6, 6.07) is 6.41. The molecule has 144 valence electrons. The number of hydrogen-bond donors (Lipinski definition) is 1. The number of amides is 1. The van der Waals surface area contributed by atoms with Gasteiger partial charge in [0.1, 0.15) is 11.5 Å². The monoisotopic (exact) mass is 419 g/mol. The molecule has 1 amide bonds. The molecule has 0 bridgehead atoms. The first-order chi connectivity index (χ1) is 11.7. The SMILES string of the molecule is CNCC1CCN(C(=O)c2csc(Cc3ccc(F)cc3)n2)CC1.Cl.Cl. The Balaban J connectivity index is 0.00000169. The summed E-state index contributed by atoms with van der Waals surface area (Å²) in [6.45, 7) is 2.62. The maximum Gasteiger partial charge on any atom is 0.273 e. The lowest BCUT2D eigenvalue weighted by Crippen LogP contribution is -2.40. The lowest BCUT2D eigenvalue weighted by atomic mass is 9.97. The van der Waals surface area contributed by atoms with Crippen LogP contribution in [0.5, 0.6) is 0 Å². The van der Waals surface area contributed by atoms with Crippen molar-refractivity contribution in [3.05, 3.63) is 51.7 Å². The van der Waals surface area contributed by atoms with Crippen LogP contribution in [0.2, 0.25) is 0 Å². The summed E-state index contributed by atoms with van der Waals surface area (Å²) in [7, 11) is 1.97. The Hall–Kier alpha value is -1.21. The van der Waals surface area contributed by atoms with Crippen LogP contribution in [0.15, 0.2) is 29.6 Å². The van der Waals surface area contributed by atoms with Gasteiger partial charge in [-0.1, -0.05) is 12.1 Å². The van der Waals surface area contributed by atoms with E-state index in [0.29, 0.717) is 18.0 Å². The quantitative estimate of drug-likeness (QED) is 0.801. The van der Waals surface area contributed by atoms with E-state index in [0.717, 1.165) is 43.0 Å². The fraction of sp³-hybridized carbons (Fsp3) is 0.444. The Morgan fingerprint density at radius 1 is 1.27 bits per heavy atom. The largest absolute Gasteiger partial charge is 0.337 e. The van der Waals surface area contributed by atoms with Gasteiger partial charge in [0.2, 0.25) is 0 Å². The fourth-order valence-electron chi connectivity index (χ4n) is 3.06. The van der Waals surface area contributed by atoms with Crippen molar-refractivity contribution in [1.29, 1.82) is 0 Å². The second-order valence-electron chi connectivity index (χ2n) is 6.22. The third kappa shape index (κ3) is 5.91. The molecule has 0 unspecified atom stereocenters. The third-order valence-electron chi connectivity index (χ3n) is 4.43. The molecule has 1 aliphatic heterocycles. The number of nitrogens with zero attached hydrogens (tertiary/aromatic N) is 2.